The number of rotatable bonds is 5. The topological polar surface area (TPSA) is 58.6 Å². The fraction of sp³-hybridized carbons (Fsp3) is 0.600. The number of nitrogens with zero attached hydrogens (tertiary/aromatic N) is 1. The Labute approximate surface area is 161 Å². The number of nitrogens with one attached hydrogen (secondary N) is 1. The third kappa shape index (κ3) is 5.63. The highest BCUT2D eigenvalue weighted by atomic mass is 35.5. The molecule has 1 saturated heterocycles. The van der Waals surface area contributed by atoms with Gasteiger partial charge in [0.1, 0.15) is 11.6 Å². The molecule has 0 radical (unpaired) electrons. The molecule has 1 aromatic rings. The van der Waals surface area contributed by atoms with Crippen LogP contribution in [0.15, 0.2) is 18.2 Å². The van der Waals surface area contributed by atoms with Gasteiger partial charge >= 0.3 is 0 Å². The van der Waals surface area contributed by atoms with E-state index in [-0.39, 0.29) is 35.8 Å². The summed E-state index contributed by atoms with van der Waals surface area (Å²) < 4.78 is 5.80. The molecule has 1 aliphatic rings. The monoisotopic (exact) mass is 380 g/mol. The van der Waals surface area contributed by atoms with Crippen LogP contribution in [0.5, 0.6) is 5.75 Å². The van der Waals surface area contributed by atoms with Crippen LogP contribution < -0.4 is 10.1 Å². The molecule has 144 valence electrons. The first-order chi connectivity index (χ1) is 12.2. The Bertz CT molecular complexity index is 647. The number of benzene rings is 1. The molecule has 0 unspecified atom stereocenters. The van der Waals surface area contributed by atoms with Crippen LogP contribution in [0, 0.1) is 6.92 Å². The summed E-state index contributed by atoms with van der Waals surface area (Å²) in [4.78, 5) is 25.6. The minimum atomic E-state index is -0.132. The van der Waals surface area contributed by atoms with Crippen LogP contribution in [-0.4, -0.2) is 48.3 Å². The maximum Gasteiger partial charge on any atom is 0.258 e. The number of carbonyl (C=O) groups excluding carboxylic acids is 2. The second-order valence-corrected chi connectivity index (χ2v) is 8.16. The van der Waals surface area contributed by atoms with Gasteiger partial charge in [0.2, 0.25) is 5.91 Å². The van der Waals surface area contributed by atoms with Crippen molar-refractivity contribution in [1.29, 1.82) is 0 Å². The first-order valence-corrected chi connectivity index (χ1v) is 9.61. The molecular weight excluding hydrogens is 352 g/mol. The molecule has 1 heterocycles. The van der Waals surface area contributed by atoms with Crippen molar-refractivity contribution in [3.05, 3.63) is 29.3 Å². The zero-order valence-corrected chi connectivity index (χ0v) is 16.9. The van der Waals surface area contributed by atoms with Gasteiger partial charge in [-0.1, -0.05) is 38.5 Å². The SMILES string of the molecule is Cc1ccc(OCC(=O)NC2CCN(C(=O)CCl)CC2)c(C(C)(C)C)c1. The van der Waals surface area contributed by atoms with Gasteiger partial charge < -0.3 is 15.0 Å². The van der Waals surface area contributed by atoms with Crippen LogP contribution in [0.4, 0.5) is 0 Å². The highest BCUT2D eigenvalue weighted by Crippen LogP contribution is 2.32. The number of piperidine rings is 1. The zero-order chi connectivity index (χ0) is 19.3. The average molecular weight is 381 g/mol. The maximum atomic E-state index is 12.2. The molecule has 1 aliphatic heterocycles. The van der Waals surface area contributed by atoms with Crippen molar-refractivity contribution in [2.24, 2.45) is 0 Å². The predicted octanol–water partition coefficient (Wildman–Crippen LogP) is 3.02. The van der Waals surface area contributed by atoms with Gasteiger partial charge in [-0.05, 0) is 36.8 Å². The molecule has 0 atom stereocenters. The lowest BCUT2D eigenvalue weighted by molar-refractivity contribution is -0.129. The highest BCUT2D eigenvalue weighted by Gasteiger charge is 2.24. The summed E-state index contributed by atoms with van der Waals surface area (Å²) in [7, 11) is 0. The van der Waals surface area contributed by atoms with E-state index in [1.54, 1.807) is 4.90 Å². The molecule has 1 fully saturated rings. The molecule has 0 saturated carbocycles. The molecule has 26 heavy (non-hydrogen) atoms. The number of alkyl halides is 1. The van der Waals surface area contributed by atoms with Crippen molar-refractivity contribution in [2.45, 2.75) is 52.0 Å². The Morgan fingerprint density at radius 3 is 2.50 bits per heavy atom. The lowest BCUT2D eigenvalue weighted by Crippen LogP contribution is -2.47. The molecule has 5 nitrogen and oxygen atoms in total. The van der Waals surface area contributed by atoms with Crippen LogP contribution in [0.1, 0.15) is 44.7 Å². The van der Waals surface area contributed by atoms with Crippen molar-refractivity contribution in [3.8, 4) is 5.75 Å². The number of carbonyl (C=O) groups is 2. The Balaban J connectivity index is 1.86. The third-order valence-corrected chi connectivity index (χ3v) is 4.86. The Kier molecular flexibility index (Phi) is 6.93. The van der Waals surface area contributed by atoms with Gasteiger partial charge in [-0.3, -0.25) is 9.59 Å². The first-order valence-electron chi connectivity index (χ1n) is 9.07. The second kappa shape index (κ2) is 8.76. The third-order valence-electron chi connectivity index (χ3n) is 4.63. The van der Waals surface area contributed by atoms with Crippen LogP contribution in [-0.2, 0) is 15.0 Å². The summed E-state index contributed by atoms with van der Waals surface area (Å²) in [5.41, 5.74) is 2.21. The Hall–Kier alpha value is -1.75. The van der Waals surface area contributed by atoms with E-state index in [9.17, 15) is 9.59 Å². The summed E-state index contributed by atoms with van der Waals surface area (Å²) in [5, 5.41) is 3.00. The molecule has 2 amide bonds. The van der Waals surface area contributed by atoms with Gasteiger partial charge in [-0.2, -0.15) is 0 Å². The number of amides is 2. The Morgan fingerprint density at radius 1 is 1.27 bits per heavy atom. The zero-order valence-electron chi connectivity index (χ0n) is 16.1. The number of hydrogen-bond acceptors (Lipinski definition) is 3. The van der Waals surface area contributed by atoms with E-state index in [0.717, 1.165) is 24.2 Å². The van der Waals surface area contributed by atoms with Crippen molar-refractivity contribution >= 4 is 23.4 Å². The van der Waals surface area contributed by atoms with E-state index in [0.29, 0.717) is 13.1 Å². The highest BCUT2D eigenvalue weighted by molar-refractivity contribution is 6.27. The first kappa shape index (κ1) is 20.6. The molecule has 2 rings (SSSR count). The number of halogens is 1. The molecule has 1 aromatic carbocycles. The second-order valence-electron chi connectivity index (χ2n) is 7.89. The van der Waals surface area contributed by atoms with E-state index in [1.165, 1.54) is 5.56 Å². The van der Waals surface area contributed by atoms with Gasteiger partial charge in [0.15, 0.2) is 6.61 Å². The molecule has 1 N–H and O–H groups in total. The largest absolute Gasteiger partial charge is 0.483 e. The number of aryl methyl sites for hydroxylation is 1. The summed E-state index contributed by atoms with van der Waals surface area (Å²) in [6, 6.07) is 6.10. The van der Waals surface area contributed by atoms with Gasteiger partial charge in [-0.25, -0.2) is 0 Å². The van der Waals surface area contributed by atoms with E-state index in [4.69, 9.17) is 16.3 Å². The van der Waals surface area contributed by atoms with Crippen LogP contribution in [0.2, 0.25) is 0 Å². The fourth-order valence-corrected chi connectivity index (χ4v) is 3.30. The number of likely N-dealkylation sites (tertiary alicyclic amines) is 1. The Morgan fingerprint density at radius 2 is 1.92 bits per heavy atom. The normalized spacial score (nSPS) is 15.7. The minimum Gasteiger partial charge on any atom is -0.483 e. The molecule has 0 bridgehead atoms. The van der Waals surface area contributed by atoms with Gasteiger partial charge in [0.25, 0.3) is 5.91 Å². The number of hydrogen-bond donors (Lipinski definition) is 1. The van der Waals surface area contributed by atoms with E-state index in [2.05, 4.69) is 32.2 Å². The van der Waals surface area contributed by atoms with Gasteiger partial charge in [0.05, 0.1) is 0 Å². The smallest absolute Gasteiger partial charge is 0.258 e. The lowest BCUT2D eigenvalue weighted by Gasteiger charge is -2.32. The van der Waals surface area contributed by atoms with Crippen molar-refractivity contribution in [1.82, 2.24) is 10.2 Å². The molecule has 0 aromatic heterocycles. The average Bonchev–Trinajstić information content (AvgIpc) is 2.60. The minimum absolute atomic E-state index is 0.00698. The van der Waals surface area contributed by atoms with Crippen LogP contribution in [0.3, 0.4) is 0 Å². The molecular formula is C20H29ClN2O3. The van der Waals surface area contributed by atoms with Crippen LogP contribution >= 0.6 is 11.6 Å². The van der Waals surface area contributed by atoms with Crippen LogP contribution in [0.25, 0.3) is 0 Å². The summed E-state index contributed by atoms with van der Waals surface area (Å²) in [6.07, 6.45) is 1.48. The van der Waals surface area contributed by atoms with Crippen molar-refractivity contribution in [3.63, 3.8) is 0 Å². The summed E-state index contributed by atoms with van der Waals surface area (Å²) >= 11 is 5.58. The molecule has 0 spiro atoms. The molecule has 6 heteroatoms. The predicted molar refractivity (Wildman–Crippen MR) is 104 cm³/mol. The van der Waals surface area contributed by atoms with Gasteiger partial charge in [-0.15, -0.1) is 11.6 Å². The summed E-state index contributed by atoms with van der Waals surface area (Å²) in [6.45, 7) is 9.69. The van der Waals surface area contributed by atoms with Crippen molar-refractivity contribution in [2.75, 3.05) is 25.6 Å². The van der Waals surface area contributed by atoms with E-state index < -0.39 is 0 Å². The number of ether oxygens (including phenoxy) is 1. The van der Waals surface area contributed by atoms with Crippen molar-refractivity contribution < 1.29 is 14.3 Å². The fourth-order valence-electron chi connectivity index (χ4n) is 3.13. The maximum absolute atomic E-state index is 12.2. The standard InChI is InChI=1S/C20H29ClN2O3/c1-14-5-6-17(16(11-14)20(2,3)4)26-13-18(24)22-15-7-9-23(10-8-15)19(25)12-21/h5-6,11,15H,7-10,12-13H2,1-4H3,(H,22,24). The molecule has 0 aliphatic carbocycles. The quantitative estimate of drug-likeness (QED) is 0.799. The van der Waals surface area contributed by atoms with E-state index >= 15 is 0 Å². The van der Waals surface area contributed by atoms with Gasteiger partial charge in [0, 0.05) is 19.1 Å². The lowest BCUT2D eigenvalue weighted by atomic mass is 9.85. The van der Waals surface area contributed by atoms with E-state index in [1.807, 2.05) is 19.1 Å². The summed E-state index contributed by atoms with van der Waals surface area (Å²) in [5.74, 6) is 0.583.